The molecule has 0 bridgehead atoms. The molecule has 0 saturated heterocycles. The highest BCUT2D eigenvalue weighted by atomic mass is 32.2. The molecule has 1 N–H and O–H groups in total. The maximum Gasteiger partial charge on any atom is 0.230 e. The monoisotopic (exact) mass is 450 g/mol. The third kappa shape index (κ3) is 5.51. The van der Waals surface area contributed by atoms with E-state index < -0.39 is 0 Å². The summed E-state index contributed by atoms with van der Waals surface area (Å²) in [6, 6.07) is 18.3. The molecule has 1 aliphatic rings. The Morgan fingerprint density at radius 3 is 2.56 bits per heavy atom. The van der Waals surface area contributed by atoms with Gasteiger partial charge in [0.1, 0.15) is 11.6 Å². The first kappa shape index (κ1) is 22.4. The Kier molecular flexibility index (Phi) is 7.47. The summed E-state index contributed by atoms with van der Waals surface area (Å²) in [4.78, 5) is 12.7. The molecule has 1 aliphatic carbocycles. The van der Waals surface area contributed by atoms with Crippen molar-refractivity contribution in [1.29, 1.82) is 0 Å². The number of nitrogens with zero attached hydrogens (tertiary/aromatic N) is 3. The predicted octanol–water partition coefficient (Wildman–Crippen LogP) is 4.65. The average Bonchev–Trinajstić information content (AvgIpc) is 3.22. The van der Waals surface area contributed by atoms with Gasteiger partial charge in [0, 0.05) is 18.2 Å². The van der Waals surface area contributed by atoms with Crippen molar-refractivity contribution in [3.63, 3.8) is 0 Å². The number of rotatable bonds is 8. The summed E-state index contributed by atoms with van der Waals surface area (Å²) in [6.45, 7) is 2.23. The Bertz CT molecular complexity index is 1020. The van der Waals surface area contributed by atoms with Crippen LogP contribution in [0.2, 0.25) is 0 Å². The highest BCUT2D eigenvalue weighted by Crippen LogP contribution is 2.26. The molecule has 4 rings (SSSR count). The Morgan fingerprint density at radius 1 is 1.09 bits per heavy atom. The van der Waals surface area contributed by atoms with Gasteiger partial charge in [-0.1, -0.05) is 61.9 Å². The topological polar surface area (TPSA) is 69.0 Å². The van der Waals surface area contributed by atoms with Gasteiger partial charge in [0.2, 0.25) is 5.91 Å². The zero-order valence-corrected chi connectivity index (χ0v) is 19.5. The fraction of sp³-hybridized carbons (Fsp3) is 0.400. The molecule has 7 heteroatoms. The Balaban J connectivity index is 1.52. The van der Waals surface area contributed by atoms with Crippen molar-refractivity contribution in [2.24, 2.45) is 5.92 Å². The summed E-state index contributed by atoms with van der Waals surface area (Å²) in [5.41, 5.74) is 2.11. The molecule has 6 nitrogen and oxygen atoms in total. The quantitative estimate of drug-likeness (QED) is 0.506. The summed E-state index contributed by atoms with van der Waals surface area (Å²) >= 11 is 1.43. The van der Waals surface area contributed by atoms with Crippen molar-refractivity contribution in [3.8, 4) is 11.4 Å². The number of benzene rings is 2. The number of hydrogen-bond acceptors (Lipinski definition) is 5. The second kappa shape index (κ2) is 10.7. The number of amides is 1. The van der Waals surface area contributed by atoms with Gasteiger partial charge < -0.3 is 10.1 Å². The normalized spacial score (nSPS) is 18.3. The molecule has 1 amide bonds. The van der Waals surface area contributed by atoms with E-state index in [4.69, 9.17) is 4.74 Å². The number of carbonyl (C=O) groups is 1. The van der Waals surface area contributed by atoms with Gasteiger partial charge in [-0.2, -0.15) is 0 Å². The van der Waals surface area contributed by atoms with Crippen molar-refractivity contribution < 1.29 is 9.53 Å². The van der Waals surface area contributed by atoms with Crippen molar-refractivity contribution >= 4 is 17.7 Å². The standard InChI is InChI=1S/C25H30N4O2S/c1-18-8-6-7-11-22(18)26-24(30)17-32-25-28-27-23(16-19-9-4-3-5-10-19)29(25)20-12-14-21(31-2)15-13-20/h3-5,9-10,12-15,18,22H,6-8,11,16-17H2,1-2H3,(H,26,30). The molecule has 1 fully saturated rings. The Hall–Kier alpha value is -2.80. The lowest BCUT2D eigenvalue weighted by Gasteiger charge is -2.29. The number of thioether (sulfide) groups is 1. The summed E-state index contributed by atoms with van der Waals surface area (Å²) in [5.74, 6) is 2.55. The molecule has 32 heavy (non-hydrogen) atoms. The van der Waals surface area contributed by atoms with Crippen LogP contribution in [0.5, 0.6) is 5.75 Å². The minimum absolute atomic E-state index is 0.0580. The van der Waals surface area contributed by atoms with Crippen molar-refractivity contribution in [2.75, 3.05) is 12.9 Å². The van der Waals surface area contributed by atoms with E-state index >= 15 is 0 Å². The van der Waals surface area contributed by atoms with Crippen LogP contribution in [0, 0.1) is 5.92 Å². The van der Waals surface area contributed by atoms with Gasteiger partial charge in [-0.15, -0.1) is 10.2 Å². The lowest BCUT2D eigenvalue weighted by molar-refractivity contribution is -0.119. The van der Waals surface area contributed by atoms with E-state index in [2.05, 4.69) is 34.6 Å². The van der Waals surface area contributed by atoms with Gasteiger partial charge in [-0.25, -0.2) is 0 Å². The molecular weight excluding hydrogens is 420 g/mol. The van der Waals surface area contributed by atoms with Crippen LogP contribution in [0.25, 0.3) is 5.69 Å². The fourth-order valence-electron chi connectivity index (χ4n) is 4.19. The van der Waals surface area contributed by atoms with E-state index in [1.807, 2.05) is 47.0 Å². The van der Waals surface area contributed by atoms with E-state index in [9.17, 15) is 4.79 Å². The Morgan fingerprint density at radius 2 is 1.84 bits per heavy atom. The average molecular weight is 451 g/mol. The lowest BCUT2D eigenvalue weighted by Crippen LogP contribution is -2.41. The van der Waals surface area contributed by atoms with E-state index in [0.717, 1.165) is 29.2 Å². The number of ether oxygens (including phenoxy) is 1. The van der Waals surface area contributed by atoms with Gasteiger partial charge in [-0.05, 0) is 48.6 Å². The van der Waals surface area contributed by atoms with Crippen LogP contribution < -0.4 is 10.1 Å². The highest BCUT2D eigenvalue weighted by Gasteiger charge is 2.23. The van der Waals surface area contributed by atoms with Crippen molar-refractivity contribution in [1.82, 2.24) is 20.1 Å². The number of carbonyl (C=O) groups excluding carboxylic acids is 1. The SMILES string of the molecule is COc1ccc(-n2c(Cc3ccccc3)nnc2SCC(=O)NC2CCCCC2C)cc1. The highest BCUT2D eigenvalue weighted by molar-refractivity contribution is 7.99. The first-order valence-corrected chi connectivity index (χ1v) is 12.2. The molecule has 0 spiro atoms. The second-order valence-corrected chi connectivity index (χ2v) is 9.26. The predicted molar refractivity (Wildman–Crippen MR) is 127 cm³/mol. The molecule has 0 radical (unpaired) electrons. The number of aromatic nitrogens is 3. The minimum Gasteiger partial charge on any atom is -0.497 e. The van der Waals surface area contributed by atoms with Crippen LogP contribution >= 0.6 is 11.8 Å². The summed E-state index contributed by atoms with van der Waals surface area (Å²) in [7, 11) is 1.65. The molecule has 2 aromatic carbocycles. The molecule has 1 saturated carbocycles. The molecule has 2 atom stereocenters. The zero-order valence-electron chi connectivity index (χ0n) is 18.7. The van der Waals surface area contributed by atoms with Gasteiger partial charge >= 0.3 is 0 Å². The minimum atomic E-state index is 0.0580. The van der Waals surface area contributed by atoms with Gasteiger partial charge in [0.25, 0.3) is 0 Å². The molecule has 0 aliphatic heterocycles. The molecular formula is C25H30N4O2S. The first-order valence-electron chi connectivity index (χ1n) is 11.2. The lowest BCUT2D eigenvalue weighted by atomic mass is 9.86. The van der Waals surface area contributed by atoms with Gasteiger partial charge in [0.05, 0.1) is 12.9 Å². The van der Waals surface area contributed by atoms with E-state index in [-0.39, 0.29) is 11.9 Å². The molecule has 1 heterocycles. The van der Waals surface area contributed by atoms with Crippen LogP contribution in [0.15, 0.2) is 59.8 Å². The number of methoxy groups -OCH3 is 1. The molecule has 168 valence electrons. The summed E-state index contributed by atoms with van der Waals surface area (Å²) in [5, 5.41) is 12.8. The summed E-state index contributed by atoms with van der Waals surface area (Å²) < 4.78 is 7.34. The third-order valence-corrected chi connectivity index (χ3v) is 6.96. The van der Waals surface area contributed by atoms with E-state index in [1.165, 1.54) is 31.0 Å². The first-order chi connectivity index (χ1) is 15.6. The van der Waals surface area contributed by atoms with Crippen LogP contribution in [0.1, 0.15) is 44.0 Å². The maximum atomic E-state index is 12.7. The fourth-order valence-corrected chi connectivity index (χ4v) is 4.97. The van der Waals surface area contributed by atoms with Crippen LogP contribution in [-0.4, -0.2) is 39.6 Å². The molecule has 3 aromatic rings. The van der Waals surface area contributed by atoms with Crippen LogP contribution in [0.4, 0.5) is 0 Å². The van der Waals surface area contributed by atoms with Gasteiger partial charge in [0.15, 0.2) is 5.16 Å². The van der Waals surface area contributed by atoms with E-state index in [1.54, 1.807) is 7.11 Å². The maximum absolute atomic E-state index is 12.7. The van der Waals surface area contributed by atoms with Gasteiger partial charge in [-0.3, -0.25) is 9.36 Å². The number of nitrogens with one attached hydrogen (secondary N) is 1. The van der Waals surface area contributed by atoms with Crippen molar-refractivity contribution in [2.45, 2.75) is 50.2 Å². The van der Waals surface area contributed by atoms with E-state index in [0.29, 0.717) is 23.2 Å². The molecule has 1 aromatic heterocycles. The Labute approximate surface area is 193 Å². The third-order valence-electron chi connectivity index (χ3n) is 6.03. The number of hydrogen-bond donors (Lipinski definition) is 1. The zero-order chi connectivity index (χ0) is 22.3. The second-order valence-electron chi connectivity index (χ2n) is 8.32. The summed E-state index contributed by atoms with van der Waals surface area (Å²) in [6.07, 6.45) is 5.37. The largest absolute Gasteiger partial charge is 0.497 e. The van der Waals surface area contributed by atoms with Crippen molar-refractivity contribution in [3.05, 3.63) is 66.0 Å². The smallest absolute Gasteiger partial charge is 0.230 e. The van der Waals surface area contributed by atoms with Crippen LogP contribution in [0.3, 0.4) is 0 Å². The molecule has 2 unspecified atom stereocenters. The van der Waals surface area contributed by atoms with Crippen LogP contribution in [-0.2, 0) is 11.2 Å².